The van der Waals surface area contributed by atoms with Crippen LogP contribution < -0.4 is 0 Å². The lowest BCUT2D eigenvalue weighted by Crippen LogP contribution is -1.69. The highest BCUT2D eigenvalue weighted by Gasteiger charge is 1.78. The minimum Gasteiger partial charge on any atom is -0.0914 e. The van der Waals surface area contributed by atoms with Gasteiger partial charge in [0.25, 0.3) is 0 Å². The topological polar surface area (TPSA) is 0 Å². The molecule has 0 fully saturated rings. The number of allylic oxidation sites excluding steroid dienone is 4. The monoisotopic (exact) mass is 124 g/mol. The van der Waals surface area contributed by atoms with Crippen molar-refractivity contribution >= 4 is 0 Å². The van der Waals surface area contributed by atoms with Crippen LogP contribution >= 0.6 is 0 Å². The molecule has 0 saturated heterocycles. The molecule has 0 nitrogen and oxygen atoms in total. The molecule has 0 radical (unpaired) electrons. The molecule has 0 unspecified atom stereocenters. The second kappa shape index (κ2) is 5.61. The molecular weight excluding hydrogens is 108 g/mol. The van der Waals surface area contributed by atoms with Crippen LogP contribution in [0.3, 0.4) is 0 Å². The molecule has 0 amide bonds. The van der Waals surface area contributed by atoms with Crippen molar-refractivity contribution in [2.45, 2.75) is 33.6 Å². The van der Waals surface area contributed by atoms with Gasteiger partial charge >= 0.3 is 0 Å². The molecule has 0 aliphatic rings. The Morgan fingerprint density at radius 1 is 1.44 bits per heavy atom. The van der Waals surface area contributed by atoms with Gasteiger partial charge in [0.05, 0.1) is 0 Å². The first kappa shape index (κ1) is 8.48. The van der Waals surface area contributed by atoms with Crippen LogP contribution in [0.2, 0.25) is 0 Å². The minimum absolute atomic E-state index is 1.09. The highest BCUT2D eigenvalue weighted by atomic mass is 13.9. The predicted octanol–water partition coefficient (Wildman–Crippen LogP) is 3.31. The van der Waals surface area contributed by atoms with Crippen molar-refractivity contribution in [2.24, 2.45) is 0 Å². The van der Waals surface area contributed by atoms with Gasteiger partial charge in [0.1, 0.15) is 0 Å². The minimum atomic E-state index is 1.09. The third-order valence-electron chi connectivity index (χ3n) is 1.40. The summed E-state index contributed by atoms with van der Waals surface area (Å²) in [5.74, 6) is 0. The molecule has 0 bridgehead atoms. The first-order valence-electron chi connectivity index (χ1n) is 3.58. The second-order valence-corrected chi connectivity index (χ2v) is 2.21. The molecule has 0 heteroatoms. The smallest absolute Gasteiger partial charge is 0.0167 e. The van der Waals surface area contributed by atoms with E-state index in [1.807, 2.05) is 0 Å². The van der Waals surface area contributed by atoms with Gasteiger partial charge in [-0.25, -0.2) is 0 Å². The van der Waals surface area contributed by atoms with E-state index in [1.165, 1.54) is 12.0 Å². The van der Waals surface area contributed by atoms with Crippen molar-refractivity contribution in [3.05, 3.63) is 23.8 Å². The van der Waals surface area contributed by atoms with Gasteiger partial charge in [0, 0.05) is 0 Å². The van der Waals surface area contributed by atoms with Gasteiger partial charge in [-0.2, -0.15) is 0 Å². The molecule has 0 aliphatic heterocycles. The summed E-state index contributed by atoms with van der Waals surface area (Å²) in [6, 6.07) is 0. The maximum atomic E-state index is 2.26. The second-order valence-electron chi connectivity index (χ2n) is 2.21. The quantitative estimate of drug-likeness (QED) is 0.506. The summed E-state index contributed by atoms with van der Waals surface area (Å²) in [5, 5.41) is 0. The van der Waals surface area contributed by atoms with Crippen LogP contribution in [-0.2, 0) is 0 Å². The Morgan fingerprint density at radius 3 is 2.56 bits per heavy atom. The van der Waals surface area contributed by atoms with Gasteiger partial charge in [-0.05, 0) is 26.7 Å². The molecule has 0 atom stereocenters. The van der Waals surface area contributed by atoms with E-state index in [0.717, 1.165) is 6.42 Å². The molecule has 0 N–H and O–H groups in total. The zero-order valence-corrected chi connectivity index (χ0v) is 6.65. The van der Waals surface area contributed by atoms with Crippen LogP contribution in [0.1, 0.15) is 33.6 Å². The van der Waals surface area contributed by atoms with Crippen molar-refractivity contribution in [3.8, 4) is 0 Å². The van der Waals surface area contributed by atoms with E-state index >= 15 is 0 Å². The SMILES string of the molecule is CC=CC/C=C(\C)CC. The van der Waals surface area contributed by atoms with Crippen molar-refractivity contribution in [1.82, 2.24) is 0 Å². The van der Waals surface area contributed by atoms with Gasteiger partial charge in [0.15, 0.2) is 0 Å². The van der Waals surface area contributed by atoms with Gasteiger partial charge in [-0.3, -0.25) is 0 Å². The van der Waals surface area contributed by atoms with Gasteiger partial charge in [-0.1, -0.05) is 30.7 Å². The molecule has 0 aliphatic carbocycles. The zero-order chi connectivity index (χ0) is 7.11. The van der Waals surface area contributed by atoms with Crippen LogP contribution in [-0.4, -0.2) is 0 Å². The van der Waals surface area contributed by atoms with Gasteiger partial charge in [0.2, 0.25) is 0 Å². The van der Waals surface area contributed by atoms with Gasteiger partial charge < -0.3 is 0 Å². The lowest BCUT2D eigenvalue weighted by Gasteiger charge is -1.90. The van der Waals surface area contributed by atoms with E-state index in [4.69, 9.17) is 0 Å². The molecule has 0 aromatic heterocycles. The van der Waals surface area contributed by atoms with E-state index in [2.05, 4.69) is 39.0 Å². The van der Waals surface area contributed by atoms with Crippen molar-refractivity contribution in [1.29, 1.82) is 0 Å². The third-order valence-corrected chi connectivity index (χ3v) is 1.40. The highest BCUT2D eigenvalue weighted by Crippen LogP contribution is 1.99. The zero-order valence-electron chi connectivity index (χ0n) is 6.65. The van der Waals surface area contributed by atoms with Crippen LogP contribution in [0.5, 0.6) is 0 Å². The van der Waals surface area contributed by atoms with E-state index in [-0.39, 0.29) is 0 Å². The lowest BCUT2D eigenvalue weighted by atomic mass is 10.2. The molecule has 0 spiro atoms. The standard InChI is InChI=1S/C9H16/c1-4-6-7-8-9(3)5-2/h4,6,8H,5,7H2,1-3H3/b6-4?,9-8+. The fourth-order valence-electron chi connectivity index (χ4n) is 0.550. The molecule has 9 heavy (non-hydrogen) atoms. The maximum absolute atomic E-state index is 2.26. The first-order valence-corrected chi connectivity index (χ1v) is 3.58. The third kappa shape index (κ3) is 5.35. The van der Waals surface area contributed by atoms with Crippen LogP contribution in [0.4, 0.5) is 0 Å². The molecule has 0 aromatic rings. The predicted molar refractivity (Wildman–Crippen MR) is 43.5 cm³/mol. The summed E-state index contributed by atoms with van der Waals surface area (Å²) >= 11 is 0. The van der Waals surface area contributed by atoms with E-state index in [0.29, 0.717) is 0 Å². The molecule has 0 aromatic carbocycles. The molecular formula is C9H16. The number of hydrogen-bond acceptors (Lipinski definition) is 0. The summed E-state index contributed by atoms with van der Waals surface area (Å²) in [6.07, 6.45) is 8.78. The average Bonchev–Trinajstić information content (AvgIpc) is 1.89. The fourth-order valence-corrected chi connectivity index (χ4v) is 0.550. The summed E-state index contributed by atoms with van der Waals surface area (Å²) in [4.78, 5) is 0. The average molecular weight is 124 g/mol. The van der Waals surface area contributed by atoms with Crippen molar-refractivity contribution < 1.29 is 0 Å². The Labute approximate surface area is 58.3 Å². The van der Waals surface area contributed by atoms with E-state index < -0.39 is 0 Å². The van der Waals surface area contributed by atoms with Crippen LogP contribution in [0, 0.1) is 0 Å². The van der Waals surface area contributed by atoms with Crippen molar-refractivity contribution in [2.75, 3.05) is 0 Å². The molecule has 0 heterocycles. The number of hydrogen-bond donors (Lipinski definition) is 0. The fraction of sp³-hybridized carbons (Fsp3) is 0.556. The summed E-state index contributed by atoms with van der Waals surface area (Å²) in [5.41, 5.74) is 1.48. The summed E-state index contributed by atoms with van der Waals surface area (Å²) < 4.78 is 0. The Balaban J connectivity index is 3.43. The summed E-state index contributed by atoms with van der Waals surface area (Å²) in [7, 11) is 0. The van der Waals surface area contributed by atoms with Crippen LogP contribution in [0.25, 0.3) is 0 Å². The van der Waals surface area contributed by atoms with Crippen LogP contribution in [0.15, 0.2) is 23.8 Å². The first-order chi connectivity index (χ1) is 4.31. The Morgan fingerprint density at radius 2 is 2.11 bits per heavy atom. The lowest BCUT2D eigenvalue weighted by molar-refractivity contribution is 1.08. The van der Waals surface area contributed by atoms with Gasteiger partial charge in [-0.15, -0.1) is 0 Å². The van der Waals surface area contributed by atoms with E-state index in [9.17, 15) is 0 Å². The summed E-state index contributed by atoms with van der Waals surface area (Å²) in [6.45, 7) is 6.40. The Kier molecular flexibility index (Phi) is 5.29. The largest absolute Gasteiger partial charge is 0.0914 e. The molecule has 52 valence electrons. The van der Waals surface area contributed by atoms with Crippen molar-refractivity contribution in [3.63, 3.8) is 0 Å². The Bertz CT molecular complexity index is 107. The number of rotatable bonds is 3. The highest BCUT2D eigenvalue weighted by molar-refractivity contribution is 5.00. The van der Waals surface area contributed by atoms with E-state index in [1.54, 1.807) is 0 Å². The molecule has 0 saturated carbocycles. The molecule has 0 rings (SSSR count). The maximum Gasteiger partial charge on any atom is -0.0167 e. The normalized spacial score (nSPS) is 13.0. The Hall–Kier alpha value is -0.520.